The van der Waals surface area contributed by atoms with Crippen LogP contribution in [0.4, 0.5) is 0 Å². The average molecular weight is 444 g/mol. The predicted molar refractivity (Wildman–Crippen MR) is 138 cm³/mol. The highest BCUT2D eigenvalue weighted by molar-refractivity contribution is 5.81. The molecule has 0 saturated heterocycles. The molecule has 1 aliphatic heterocycles. The van der Waals surface area contributed by atoms with Crippen molar-refractivity contribution in [2.75, 3.05) is 0 Å². The average Bonchev–Trinajstić information content (AvgIpc) is 2.85. The molecule has 1 aromatic rings. The fourth-order valence-corrected chi connectivity index (χ4v) is 7.02. The Bertz CT molecular complexity index is 932. The van der Waals surface area contributed by atoms with Gasteiger partial charge in [-0.3, -0.25) is 9.79 Å². The molecule has 0 amide bonds. The van der Waals surface area contributed by atoms with Crippen LogP contribution >= 0.6 is 0 Å². The van der Waals surface area contributed by atoms with Crippen LogP contribution in [0.25, 0.3) is 0 Å². The number of hydrogen-bond donors (Lipinski definition) is 0. The third-order valence-corrected chi connectivity index (χ3v) is 8.85. The van der Waals surface area contributed by atoms with Crippen LogP contribution in [-0.2, 0) is 11.2 Å². The second-order valence-corrected chi connectivity index (χ2v) is 11.3. The third-order valence-electron chi connectivity index (χ3n) is 8.85. The van der Waals surface area contributed by atoms with Gasteiger partial charge >= 0.3 is 0 Å². The van der Waals surface area contributed by atoms with Crippen molar-refractivity contribution in [1.29, 1.82) is 0 Å². The van der Waals surface area contributed by atoms with E-state index in [4.69, 9.17) is 4.99 Å². The Morgan fingerprint density at radius 3 is 2.73 bits per heavy atom. The number of fused-ring (bicyclic) bond motifs is 1. The van der Waals surface area contributed by atoms with Gasteiger partial charge in [0.15, 0.2) is 0 Å². The van der Waals surface area contributed by atoms with E-state index in [9.17, 15) is 4.79 Å². The lowest BCUT2D eigenvalue weighted by molar-refractivity contribution is -0.119. The first-order valence-corrected chi connectivity index (χ1v) is 13.7. The highest BCUT2D eigenvalue weighted by Gasteiger charge is 2.33. The van der Waals surface area contributed by atoms with E-state index in [1.54, 1.807) is 0 Å². The van der Waals surface area contributed by atoms with Gasteiger partial charge in [-0.25, -0.2) is 0 Å². The minimum atomic E-state index is 0.438. The standard InChI is InChI=1S/C31H41NO/c1-22-21-32-31(30-16-6-5-15-29(22)30)27-14-8-13-26(20-27)25-12-7-11-24(17-25)19-28(33)18-23-9-3-2-4-10-23/h6-7,11-12,16-17,21-23,26-27,29H,2-5,8-10,13-15,18-20H2,1H3. The summed E-state index contributed by atoms with van der Waals surface area (Å²) in [5.74, 6) is 3.47. The third kappa shape index (κ3) is 5.42. The maximum absolute atomic E-state index is 12.8. The summed E-state index contributed by atoms with van der Waals surface area (Å²) in [6, 6.07) is 9.00. The maximum Gasteiger partial charge on any atom is 0.137 e. The van der Waals surface area contributed by atoms with Crippen LogP contribution in [0.15, 0.2) is 52.7 Å². The van der Waals surface area contributed by atoms with E-state index in [1.807, 2.05) is 0 Å². The summed E-state index contributed by atoms with van der Waals surface area (Å²) < 4.78 is 0. The zero-order chi connectivity index (χ0) is 22.6. The minimum Gasteiger partial charge on any atom is -0.299 e. The second kappa shape index (κ2) is 10.5. The minimum absolute atomic E-state index is 0.438. The Morgan fingerprint density at radius 2 is 1.85 bits per heavy atom. The van der Waals surface area contributed by atoms with Crippen molar-refractivity contribution >= 4 is 12.0 Å². The lowest BCUT2D eigenvalue weighted by atomic mass is 9.71. The van der Waals surface area contributed by atoms with Crippen molar-refractivity contribution in [3.8, 4) is 0 Å². The van der Waals surface area contributed by atoms with Gasteiger partial charge in [-0.2, -0.15) is 0 Å². The van der Waals surface area contributed by atoms with Gasteiger partial charge in [-0.15, -0.1) is 0 Å². The van der Waals surface area contributed by atoms with E-state index in [0.29, 0.717) is 41.8 Å². The molecular formula is C31H41NO. The number of aliphatic imine (C=N–C) groups is 1. The fraction of sp³-hybridized carbons (Fsp3) is 0.613. The number of hydrogen-bond acceptors (Lipinski definition) is 2. The molecule has 0 bridgehead atoms. The lowest BCUT2D eigenvalue weighted by Crippen LogP contribution is -2.25. The van der Waals surface area contributed by atoms with Gasteiger partial charge in [-0.1, -0.05) is 81.9 Å². The number of ketones is 1. The molecule has 0 spiro atoms. The molecule has 3 aliphatic carbocycles. The molecule has 4 aliphatic rings. The molecule has 0 radical (unpaired) electrons. The monoisotopic (exact) mass is 443 g/mol. The summed E-state index contributed by atoms with van der Waals surface area (Å²) in [7, 11) is 0. The van der Waals surface area contributed by atoms with E-state index in [2.05, 4.69) is 49.6 Å². The number of rotatable bonds is 6. The first-order valence-electron chi connectivity index (χ1n) is 13.7. The van der Waals surface area contributed by atoms with Gasteiger partial charge in [0.2, 0.25) is 0 Å². The molecule has 2 heteroatoms. The number of carbonyl (C=O) groups excluding carboxylic acids is 1. The zero-order valence-corrected chi connectivity index (χ0v) is 20.5. The first kappa shape index (κ1) is 22.8. The van der Waals surface area contributed by atoms with Crippen LogP contribution in [-0.4, -0.2) is 12.0 Å². The molecule has 4 unspecified atom stereocenters. The molecular weight excluding hydrogens is 402 g/mol. The topological polar surface area (TPSA) is 29.4 Å². The number of benzene rings is 1. The SMILES string of the molecule is CC1C=NC(C2CCCC(c3cccc(CC(=O)CC4CCCCC4)c3)C2)=C2C=CCCC21. The zero-order valence-electron chi connectivity index (χ0n) is 20.5. The number of carbonyl (C=O) groups is 1. The first-order chi connectivity index (χ1) is 16.2. The van der Waals surface area contributed by atoms with Crippen molar-refractivity contribution in [3.63, 3.8) is 0 Å². The molecule has 2 saturated carbocycles. The second-order valence-electron chi connectivity index (χ2n) is 11.3. The largest absolute Gasteiger partial charge is 0.299 e. The summed E-state index contributed by atoms with van der Waals surface area (Å²) in [5, 5.41) is 0. The highest BCUT2D eigenvalue weighted by Crippen LogP contribution is 2.45. The lowest BCUT2D eigenvalue weighted by Gasteiger charge is -2.36. The Kier molecular flexibility index (Phi) is 7.28. The smallest absolute Gasteiger partial charge is 0.137 e. The summed E-state index contributed by atoms with van der Waals surface area (Å²) in [4.78, 5) is 17.8. The van der Waals surface area contributed by atoms with Gasteiger partial charge in [0.05, 0.1) is 0 Å². The molecule has 1 aromatic carbocycles. The molecule has 33 heavy (non-hydrogen) atoms. The van der Waals surface area contributed by atoms with Gasteiger partial charge in [-0.05, 0) is 72.5 Å². The maximum atomic E-state index is 12.8. The molecule has 4 atom stereocenters. The van der Waals surface area contributed by atoms with Crippen LogP contribution in [0.1, 0.15) is 101 Å². The number of allylic oxidation sites excluding steroid dienone is 4. The molecule has 1 heterocycles. The van der Waals surface area contributed by atoms with Crippen LogP contribution in [0.3, 0.4) is 0 Å². The van der Waals surface area contributed by atoms with Crippen LogP contribution in [0.5, 0.6) is 0 Å². The molecule has 2 nitrogen and oxygen atoms in total. The van der Waals surface area contributed by atoms with E-state index < -0.39 is 0 Å². The van der Waals surface area contributed by atoms with Crippen molar-refractivity contribution in [2.45, 2.75) is 96.3 Å². The molecule has 0 aromatic heterocycles. The predicted octanol–water partition coefficient (Wildman–Crippen LogP) is 7.98. The summed E-state index contributed by atoms with van der Waals surface area (Å²) in [6.45, 7) is 2.33. The molecule has 5 rings (SSSR count). The van der Waals surface area contributed by atoms with Gasteiger partial charge in [0.1, 0.15) is 5.78 Å². The highest BCUT2D eigenvalue weighted by atomic mass is 16.1. The van der Waals surface area contributed by atoms with Crippen LogP contribution in [0.2, 0.25) is 0 Å². The van der Waals surface area contributed by atoms with Gasteiger partial charge < -0.3 is 0 Å². The Balaban J connectivity index is 1.26. The van der Waals surface area contributed by atoms with Crippen molar-refractivity contribution in [1.82, 2.24) is 0 Å². The van der Waals surface area contributed by atoms with Crippen LogP contribution in [0, 0.1) is 23.7 Å². The molecule has 0 N–H and O–H groups in total. The Morgan fingerprint density at radius 1 is 1.00 bits per heavy atom. The van der Waals surface area contributed by atoms with Gasteiger partial charge in [0.25, 0.3) is 0 Å². The molecule has 2 fully saturated rings. The Labute approximate surface area is 200 Å². The normalized spacial score (nSPS) is 30.3. The number of nitrogens with zero attached hydrogens (tertiary/aromatic N) is 1. The van der Waals surface area contributed by atoms with E-state index >= 15 is 0 Å². The van der Waals surface area contributed by atoms with Crippen LogP contribution < -0.4 is 0 Å². The van der Waals surface area contributed by atoms with E-state index in [-0.39, 0.29) is 0 Å². The van der Waals surface area contributed by atoms with Crippen molar-refractivity contribution in [3.05, 3.63) is 58.8 Å². The quantitative estimate of drug-likeness (QED) is 0.438. The summed E-state index contributed by atoms with van der Waals surface area (Å²) in [6.07, 6.45) is 22.3. The van der Waals surface area contributed by atoms with E-state index in [0.717, 1.165) is 6.42 Å². The van der Waals surface area contributed by atoms with Crippen molar-refractivity contribution in [2.24, 2.45) is 28.7 Å². The van der Waals surface area contributed by atoms with Crippen molar-refractivity contribution < 1.29 is 4.79 Å². The fourth-order valence-electron chi connectivity index (χ4n) is 7.02. The van der Waals surface area contributed by atoms with E-state index in [1.165, 1.54) is 93.0 Å². The summed E-state index contributed by atoms with van der Waals surface area (Å²) in [5.41, 5.74) is 5.58. The van der Waals surface area contributed by atoms with Gasteiger partial charge in [0, 0.05) is 30.7 Å². The Hall–Kier alpha value is -1.96. The summed E-state index contributed by atoms with van der Waals surface area (Å²) >= 11 is 0. The molecule has 176 valence electrons. The number of Topliss-reactive ketones (excluding diaryl/α,β-unsaturated/α-hetero) is 1.